The molecule has 0 bridgehead atoms. The van der Waals surface area contributed by atoms with Gasteiger partial charge in [-0.05, 0) is 50.3 Å². The molecule has 1 amide bonds. The topological polar surface area (TPSA) is 59.2 Å². The minimum atomic E-state index is -0.442. The highest BCUT2D eigenvalue weighted by molar-refractivity contribution is 6.30. The number of nitrogens with zero attached hydrogens (tertiary/aromatic N) is 3. The number of hydrogen-bond donors (Lipinski definition) is 0. The monoisotopic (exact) mass is 359 g/mol. The van der Waals surface area contributed by atoms with Crippen molar-refractivity contribution in [1.29, 1.82) is 0 Å². The lowest BCUT2D eigenvalue weighted by molar-refractivity contribution is -0.138. The molecule has 4 rings (SSSR count). The second-order valence-electron chi connectivity index (χ2n) is 7.13. The maximum Gasteiger partial charge on any atom is 0.249 e. The molecule has 1 aliphatic carbocycles. The molecule has 1 unspecified atom stereocenters. The molecule has 132 valence electrons. The highest BCUT2D eigenvalue weighted by Crippen LogP contribution is 2.45. The molecule has 5 nitrogen and oxygen atoms in total. The summed E-state index contributed by atoms with van der Waals surface area (Å²) in [5.41, 5.74) is 0.633. The third kappa shape index (κ3) is 2.84. The number of halogens is 1. The van der Waals surface area contributed by atoms with Crippen molar-refractivity contribution in [3.63, 3.8) is 0 Å². The number of aromatic nitrogens is 2. The van der Waals surface area contributed by atoms with Gasteiger partial charge >= 0.3 is 0 Å². The molecule has 1 aromatic heterocycles. The van der Waals surface area contributed by atoms with Crippen LogP contribution in [0.1, 0.15) is 61.8 Å². The SMILES string of the molecule is Cc1noc(C2CCCN2C(=O)C2(c3ccc(Cl)cc3)CCCC2)n1. The highest BCUT2D eigenvalue weighted by atomic mass is 35.5. The zero-order chi connectivity index (χ0) is 17.4. The number of hydrogen-bond acceptors (Lipinski definition) is 4. The fourth-order valence-corrected chi connectivity index (χ4v) is 4.49. The Morgan fingerprint density at radius 2 is 1.96 bits per heavy atom. The molecule has 1 aromatic carbocycles. The summed E-state index contributed by atoms with van der Waals surface area (Å²) in [5, 5.41) is 4.60. The van der Waals surface area contributed by atoms with Crippen LogP contribution in [0.25, 0.3) is 0 Å². The molecular weight excluding hydrogens is 338 g/mol. The smallest absolute Gasteiger partial charge is 0.249 e. The fourth-order valence-electron chi connectivity index (χ4n) is 4.36. The number of aryl methyl sites for hydroxylation is 1. The number of benzene rings is 1. The normalized spacial score (nSPS) is 22.5. The lowest BCUT2D eigenvalue weighted by atomic mass is 9.77. The maximum absolute atomic E-state index is 13.6. The largest absolute Gasteiger partial charge is 0.337 e. The predicted octanol–water partition coefficient (Wildman–Crippen LogP) is 4.21. The number of amides is 1. The summed E-state index contributed by atoms with van der Waals surface area (Å²) < 4.78 is 5.37. The highest BCUT2D eigenvalue weighted by Gasteiger charge is 2.48. The molecule has 2 fully saturated rings. The lowest BCUT2D eigenvalue weighted by Crippen LogP contribution is -2.45. The predicted molar refractivity (Wildman–Crippen MR) is 94.3 cm³/mol. The summed E-state index contributed by atoms with van der Waals surface area (Å²) in [6.45, 7) is 2.56. The zero-order valence-corrected chi connectivity index (χ0v) is 15.1. The van der Waals surface area contributed by atoms with E-state index in [1.165, 1.54) is 0 Å². The van der Waals surface area contributed by atoms with E-state index in [4.69, 9.17) is 16.1 Å². The Balaban J connectivity index is 1.68. The van der Waals surface area contributed by atoms with Crippen LogP contribution in [0.2, 0.25) is 5.02 Å². The van der Waals surface area contributed by atoms with Crippen molar-refractivity contribution in [2.45, 2.75) is 56.9 Å². The van der Waals surface area contributed by atoms with Crippen LogP contribution < -0.4 is 0 Å². The number of rotatable bonds is 3. The van der Waals surface area contributed by atoms with Crippen LogP contribution in [-0.4, -0.2) is 27.5 Å². The molecule has 1 saturated carbocycles. The van der Waals surface area contributed by atoms with Gasteiger partial charge in [-0.15, -0.1) is 0 Å². The van der Waals surface area contributed by atoms with Crippen LogP contribution in [0.4, 0.5) is 0 Å². The molecule has 2 heterocycles. The van der Waals surface area contributed by atoms with Crippen LogP contribution in [0.15, 0.2) is 28.8 Å². The number of carbonyl (C=O) groups excluding carboxylic acids is 1. The van der Waals surface area contributed by atoms with E-state index in [9.17, 15) is 4.79 Å². The van der Waals surface area contributed by atoms with E-state index >= 15 is 0 Å². The first-order valence-corrected chi connectivity index (χ1v) is 9.35. The summed E-state index contributed by atoms with van der Waals surface area (Å²) in [6.07, 6.45) is 5.77. The van der Waals surface area contributed by atoms with Crippen molar-refractivity contribution in [2.75, 3.05) is 6.54 Å². The van der Waals surface area contributed by atoms with Crippen LogP contribution in [0.5, 0.6) is 0 Å². The number of likely N-dealkylation sites (tertiary alicyclic amines) is 1. The lowest BCUT2D eigenvalue weighted by Gasteiger charge is -2.35. The molecule has 0 radical (unpaired) electrons. The van der Waals surface area contributed by atoms with Gasteiger partial charge < -0.3 is 9.42 Å². The van der Waals surface area contributed by atoms with Gasteiger partial charge in [-0.25, -0.2) is 0 Å². The Labute approximate surface area is 152 Å². The molecular formula is C19H22ClN3O2. The molecule has 0 spiro atoms. The average molecular weight is 360 g/mol. The van der Waals surface area contributed by atoms with Crippen LogP contribution >= 0.6 is 11.6 Å². The Bertz CT molecular complexity index is 765. The van der Waals surface area contributed by atoms with Gasteiger partial charge in [0.2, 0.25) is 11.8 Å². The van der Waals surface area contributed by atoms with Gasteiger partial charge in [0.05, 0.1) is 5.41 Å². The van der Waals surface area contributed by atoms with Gasteiger partial charge in [-0.3, -0.25) is 4.79 Å². The van der Waals surface area contributed by atoms with Gasteiger partial charge in [0.25, 0.3) is 0 Å². The van der Waals surface area contributed by atoms with Crippen molar-refractivity contribution in [3.05, 3.63) is 46.6 Å². The Morgan fingerprint density at radius 3 is 2.60 bits per heavy atom. The molecule has 25 heavy (non-hydrogen) atoms. The van der Waals surface area contributed by atoms with Gasteiger partial charge in [0, 0.05) is 11.6 Å². The van der Waals surface area contributed by atoms with Crippen molar-refractivity contribution in [1.82, 2.24) is 15.0 Å². The molecule has 2 aliphatic rings. The second-order valence-corrected chi connectivity index (χ2v) is 7.57. The van der Waals surface area contributed by atoms with Gasteiger partial charge in [-0.1, -0.05) is 41.7 Å². The first-order chi connectivity index (χ1) is 12.1. The van der Waals surface area contributed by atoms with Crippen molar-refractivity contribution < 1.29 is 9.32 Å². The molecule has 6 heteroatoms. The van der Waals surface area contributed by atoms with Gasteiger partial charge in [-0.2, -0.15) is 4.98 Å². The van der Waals surface area contributed by atoms with E-state index in [0.717, 1.165) is 50.6 Å². The third-order valence-electron chi connectivity index (χ3n) is 5.61. The molecule has 1 atom stereocenters. The molecule has 2 aromatic rings. The average Bonchev–Trinajstić information content (AvgIpc) is 3.35. The van der Waals surface area contributed by atoms with E-state index in [1.807, 2.05) is 29.2 Å². The summed E-state index contributed by atoms with van der Waals surface area (Å²) in [5.74, 6) is 1.38. The van der Waals surface area contributed by atoms with Crippen LogP contribution in [0.3, 0.4) is 0 Å². The first kappa shape index (κ1) is 16.6. The summed E-state index contributed by atoms with van der Waals surface area (Å²) in [7, 11) is 0. The van der Waals surface area contributed by atoms with E-state index in [1.54, 1.807) is 6.92 Å². The first-order valence-electron chi connectivity index (χ1n) is 8.97. The second kappa shape index (κ2) is 6.45. The Kier molecular flexibility index (Phi) is 4.28. The van der Waals surface area contributed by atoms with Gasteiger partial charge in [0.1, 0.15) is 6.04 Å². The standard InChI is InChI=1S/C19H22ClN3O2/c1-13-21-17(25-22-13)16-5-4-12-23(16)18(24)19(10-2-3-11-19)14-6-8-15(20)9-7-14/h6-9,16H,2-5,10-12H2,1H3. The maximum atomic E-state index is 13.6. The van der Waals surface area contributed by atoms with Crippen molar-refractivity contribution >= 4 is 17.5 Å². The van der Waals surface area contributed by atoms with E-state index < -0.39 is 5.41 Å². The summed E-state index contributed by atoms with van der Waals surface area (Å²) in [6, 6.07) is 7.68. The zero-order valence-electron chi connectivity index (χ0n) is 14.4. The minimum absolute atomic E-state index is 0.0986. The van der Waals surface area contributed by atoms with E-state index in [-0.39, 0.29) is 11.9 Å². The fraction of sp³-hybridized carbons (Fsp3) is 0.526. The van der Waals surface area contributed by atoms with Crippen molar-refractivity contribution in [2.24, 2.45) is 0 Å². The molecule has 0 N–H and O–H groups in total. The third-order valence-corrected chi connectivity index (χ3v) is 5.86. The molecule has 1 saturated heterocycles. The molecule has 1 aliphatic heterocycles. The van der Waals surface area contributed by atoms with Gasteiger partial charge in [0.15, 0.2) is 5.82 Å². The number of carbonyl (C=O) groups is 1. The minimum Gasteiger partial charge on any atom is -0.337 e. The summed E-state index contributed by atoms with van der Waals surface area (Å²) in [4.78, 5) is 20.0. The quantitative estimate of drug-likeness (QED) is 0.823. The van der Waals surface area contributed by atoms with Crippen molar-refractivity contribution in [3.8, 4) is 0 Å². The Hall–Kier alpha value is -1.88. The van der Waals surface area contributed by atoms with E-state index in [2.05, 4.69) is 10.1 Å². The summed E-state index contributed by atoms with van der Waals surface area (Å²) >= 11 is 6.05. The van der Waals surface area contributed by atoms with Crippen LogP contribution in [0, 0.1) is 6.92 Å². The van der Waals surface area contributed by atoms with Crippen LogP contribution in [-0.2, 0) is 10.2 Å². The van der Waals surface area contributed by atoms with E-state index in [0.29, 0.717) is 16.7 Å². The Morgan fingerprint density at radius 1 is 1.24 bits per heavy atom.